The van der Waals surface area contributed by atoms with Crippen molar-refractivity contribution in [2.24, 2.45) is 4.99 Å². The SMILES string of the molecule is CCOc1c(OC)cccc1[C@@H]1C(C(=O)OCCOC)=C(C)N=c2s/c(=C/c3ccc(OCc4cccc(C)c4)cc3)c(=O)n21. The first-order chi connectivity index (χ1) is 21.8. The van der Waals surface area contributed by atoms with Gasteiger partial charge >= 0.3 is 5.97 Å². The molecule has 5 rings (SSSR count). The molecule has 0 unspecified atom stereocenters. The molecular weight excluding hydrogens is 592 g/mol. The number of carbonyl (C=O) groups excluding carboxylic acids is 1. The van der Waals surface area contributed by atoms with Gasteiger partial charge in [0.25, 0.3) is 5.56 Å². The minimum atomic E-state index is -0.854. The van der Waals surface area contributed by atoms with Crippen LogP contribution in [0.5, 0.6) is 17.2 Å². The molecule has 0 spiro atoms. The fourth-order valence-electron chi connectivity index (χ4n) is 5.16. The van der Waals surface area contributed by atoms with Crippen LogP contribution in [-0.4, -0.2) is 44.6 Å². The van der Waals surface area contributed by atoms with Crippen LogP contribution in [0, 0.1) is 6.92 Å². The molecule has 10 heteroatoms. The van der Waals surface area contributed by atoms with Gasteiger partial charge in [-0.05, 0) is 56.2 Å². The number of thiazole rings is 1. The Balaban J connectivity index is 1.54. The molecule has 0 amide bonds. The Bertz CT molecular complexity index is 1890. The van der Waals surface area contributed by atoms with Gasteiger partial charge in [0.05, 0.1) is 36.1 Å². The summed E-state index contributed by atoms with van der Waals surface area (Å²) in [5.74, 6) is 1.08. The number of aryl methyl sites for hydroxylation is 1. The van der Waals surface area contributed by atoms with E-state index in [1.165, 1.54) is 28.6 Å². The summed E-state index contributed by atoms with van der Waals surface area (Å²) in [4.78, 5) is 32.8. The van der Waals surface area contributed by atoms with Crippen molar-refractivity contribution in [2.75, 3.05) is 34.0 Å². The fraction of sp³-hybridized carbons (Fsp3) is 0.286. The van der Waals surface area contributed by atoms with Crippen LogP contribution < -0.4 is 29.1 Å². The smallest absolute Gasteiger partial charge is 0.338 e. The van der Waals surface area contributed by atoms with Crippen molar-refractivity contribution in [2.45, 2.75) is 33.4 Å². The highest BCUT2D eigenvalue weighted by atomic mass is 32.1. The van der Waals surface area contributed by atoms with E-state index >= 15 is 0 Å². The molecule has 9 nitrogen and oxygen atoms in total. The van der Waals surface area contributed by atoms with E-state index in [1.807, 2.05) is 55.5 Å². The third-order valence-electron chi connectivity index (χ3n) is 7.24. The molecule has 0 saturated heterocycles. The van der Waals surface area contributed by atoms with Gasteiger partial charge in [-0.1, -0.05) is 65.4 Å². The minimum Gasteiger partial charge on any atom is -0.493 e. The lowest BCUT2D eigenvalue weighted by molar-refractivity contribution is -0.140. The summed E-state index contributed by atoms with van der Waals surface area (Å²) in [6, 6.07) is 20.3. The van der Waals surface area contributed by atoms with E-state index in [-0.39, 0.29) is 24.3 Å². The van der Waals surface area contributed by atoms with Crippen molar-refractivity contribution in [3.63, 3.8) is 0 Å². The van der Waals surface area contributed by atoms with E-state index in [1.54, 1.807) is 26.2 Å². The monoisotopic (exact) mass is 628 g/mol. The number of para-hydroxylation sites is 1. The Kier molecular flexibility index (Phi) is 10.2. The van der Waals surface area contributed by atoms with Crippen molar-refractivity contribution in [1.82, 2.24) is 4.57 Å². The molecular formula is C35H36N2O7S. The molecule has 4 aromatic rings. The average molecular weight is 629 g/mol. The Morgan fingerprint density at radius 2 is 1.78 bits per heavy atom. The van der Waals surface area contributed by atoms with Gasteiger partial charge in [0.2, 0.25) is 0 Å². The lowest BCUT2D eigenvalue weighted by atomic mass is 9.94. The molecule has 0 N–H and O–H groups in total. The maximum atomic E-state index is 14.1. The van der Waals surface area contributed by atoms with Crippen molar-refractivity contribution < 1.29 is 28.5 Å². The van der Waals surface area contributed by atoms with Crippen molar-refractivity contribution >= 4 is 23.4 Å². The highest BCUT2D eigenvalue weighted by molar-refractivity contribution is 7.07. The maximum Gasteiger partial charge on any atom is 0.338 e. The number of nitrogens with zero attached hydrogens (tertiary/aromatic N) is 2. The maximum absolute atomic E-state index is 14.1. The second-order valence-electron chi connectivity index (χ2n) is 10.4. The average Bonchev–Trinajstić information content (AvgIpc) is 3.34. The minimum absolute atomic E-state index is 0.0599. The molecule has 2 heterocycles. The van der Waals surface area contributed by atoms with Crippen LogP contribution >= 0.6 is 11.3 Å². The normalized spacial score (nSPS) is 14.5. The number of hydrogen-bond donors (Lipinski definition) is 0. The predicted octanol–water partition coefficient (Wildman–Crippen LogP) is 4.72. The molecule has 0 saturated carbocycles. The first-order valence-corrected chi connectivity index (χ1v) is 15.4. The molecule has 3 aromatic carbocycles. The number of esters is 1. The van der Waals surface area contributed by atoms with E-state index in [9.17, 15) is 9.59 Å². The molecule has 0 aliphatic carbocycles. The number of ether oxygens (including phenoxy) is 5. The van der Waals surface area contributed by atoms with E-state index in [0.29, 0.717) is 45.3 Å². The summed E-state index contributed by atoms with van der Waals surface area (Å²) in [6.45, 7) is 6.77. The van der Waals surface area contributed by atoms with Crippen LogP contribution in [0.15, 0.2) is 87.8 Å². The Morgan fingerprint density at radius 1 is 1.00 bits per heavy atom. The zero-order chi connectivity index (χ0) is 31.9. The summed E-state index contributed by atoms with van der Waals surface area (Å²) in [7, 11) is 3.08. The molecule has 0 bridgehead atoms. The van der Waals surface area contributed by atoms with Crippen molar-refractivity contribution in [1.29, 1.82) is 0 Å². The van der Waals surface area contributed by atoms with Crippen LogP contribution in [0.25, 0.3) is 6.08 Å². The summed E-state index contributed by atoms with van der Waals surface area (Å²) in [5.41, 5.74) is 4.10. The lowest BCUT2D eigenvalue weighted by Gasteiger charge is -2.27. The van der Waals surface area contributed by atoms with Gasteiger partial charge < -0.3 is 23.7 Å². The van der Waals surface area contributed by atoms with Gasteiger partial charge in [-0.15, -0.1) is 0 Å². The second kappa shape index (κ2) is 14.4. The van der Waals surface area contributed by atoms with Gasteiger partial charge in [0, 0.05) is 12.7 Å². The van der Waals surface area contributed by atoms with Gasteiger partial charge in [-0.2, -0.15) is 0 Å². The van der Waals surface area contributed by atoms with E-state index < -0.39 is 12.0 Å². The molecule has 1 aromatic heterocycles. The third kappa shape index (κ3) is 7.02. The summed E-state index contributed by atoms with van der Waals surface area (Å²) >= 11 is 1.26. The summed E-state index contributed by atoms with van der Waals surface area (Å²) < 4.78 is 30.2. The number of benzene rings is 3. The Labute approximate surface area is 265 Å². The van der Waals surface area contributed by atoms with E-state index in [4.69, 9.17) is 23.7 Å². The standard InChI is InChI=1S/C35H36N2O7S/c1-6-42-32-27(11-8-12-28(32)41-5)31-30(34(39)43-18-17-40-4)23(3)36-35-37(31)33(38)29(45-35)20-24-13-15-26(16-14-24)44-21-25-10-7-9-22(2)19-25/h7-16,19-20,31H,6,17-18,21H2,1-5H3/b29-20+/t31-/m1/s1. The number of fused-ring (bicyclic) bond motifs is 1. The third-order valence-corrected chi connectivity index (χ3v) is 8.22. The van der Waals surface area contributed by atoms with Crippen LogP contribution in [-0.2, 0) is 20.9 Å². The number of carbonyl (C=O) groups is 1. The number of aromatic nitrogens is 1. The molecule has 234 valence electrons. The number of hydrogen-bond acceptors (Lipinski definition) is 9. The van der Waals surface area contributed by atoms with Gasteiger partial charge in [0.15, 0.2) is 16.3 Å². The highest BCUT2D eigenvalue weighted by Gasteiger charge is 2.36. The molecule has 0 radical (unpaired) electrons. The fourth-order valence-corrected chi connectivity index (χ4v) is 6.21. The van der Waals surface area contributed by atoms with Gasteiger partial charge in [-0.25, -0.2) is 9.79 Å². The zero-order valence-electron chi connectivity index (χ0n) is 26.0. The molecule has 1 atom stereocenters. The second-order valence-corrected chi connectivity index (χ2v) is 11.4. The zero-order valence-corrected chi connectivity index (χ0v) is 26.8. The largest absolute Gasteiger partial charge is 0.493 e. The van der Waals surface area contributed by atoms with E-state index in [2.05, 4.69) is 24.0 Å². The topological polar surface area (TPSA) is 97.6 Å². The molecule has 45 heavy (non-hydrogen) atoms. The van der Waals surface area contributed by atoms with Crippen molar-refractivity contribution in [3.05, 3.63) is 120 Å². The van der Waals surface area contributed by atoms with E-state index in [0.717, 1.165) is 16.9 Å². The lowest BCUT2D eigenvalue weighted by Crippen LogP contribution is -2.40. The first kappa shape index (κ1) is 31.7. The van der Waals surface area contributed by atoms with Gasteiger partial charge in [0.1, 0.15) is 25.0 Å². The number of methoxy groups -OCH3 is 2. The summed E-state index contributed by atoms with van der Waals surface area (Å²) in [5, 5.41) is 0. The Hall–Kier alpha value is -4.67. The van der Waals surface area contributed by atoms with Crippen LogP contribution in [0.3, 0.4) is 0 Å². The highest BCUT2D eigenvalue weighted by Crippen LogP contribution is 2.40. The summed E-state index contributed by atoms with van der Waals surface area (Å²) in [6.07, 6.45) is 1.82. The predicted molar refractivity (Wildman–Crippen MR) is 173 cm³/mol. The van der Waals surface area contributed by atoms with Crippen molar-refractivity contribution in [3.8, 4) is 17.2 Å². The molecule has 1 aliphatic rings. The van der Waals surface area contributed by atoms with Crippen LogP contribution in [0.4, 0.5) is 0 Å². The van der Waals surface area contributed by atoms with Gasteiger partial charge in [-0.3, -0.25) is 9.36 Å². The number of allylic oxidation sites excluding steroid dienone is 1. The quantitative estimate of drug-likeness (QED) is 0.166. The number of rotatable bonds is 12. The first-order valence-electron chi connectivity index (χ1n) is 14.6. The Morgan fingerprint density at radius 3 is 2.49 bits per heavy atom. The van der Waals surface area contributed by atoms with Crippen LogP contribution in [0.2, 0.25) is 0 Å². The molecule has 1 aliphatic heterocycles. The molecule has 0 fully saturated rings. The van der Waals surface area contributed by atoms with Crippen LogP contribution in [0.1, 0.15) is 42.1 Å².